The van der Waals surface area contributed by atoms with Crippen LogP contribution in [0.4, 0.5) is 0 Å². The van der Waals surface area contributed by atoms with Gasteiger partial charge in [-0.3, -0.25) is 0 Å². The summed E-state index contributed by atoms with van der Waals surface area (Å²) in [6.45, 7) is 7.63. The largest absolute Gasteiger partial charge is 0.389 e. The molecule has 0 aromatic carbocycles. The summed E-state index contributed by atoms with van der Waals surface area (Å²) in [5.74, 6) is 1.53. The van der Waals surface area contributed by atoms with Crippen LogP contribution in [0.15, 0.2) is 0 Å². The van der Waals surface area contributed by atoms with Gasteiger partial charge in [0.15, 0.2) is 0 Å². The molecule has 3 heteroatoms. The summed E-state index contributed by atoms with van der Waals surface area (Å²) in [7, 11) is 0. The van der Waals surface area contributed by atoms with Crippen molar-refractivity contribution in [2.45, 2.75) is 45.6 Å². The molecule has 2 aliphatic rings. The Labute approximate surface area is 105 Å². The Balaban J connectivity index is 1.49. The normalized spacial score (nSPS) is 24.0. The van der Waals surface area contributed by atoms with E-state index in [9.17, 15) is 5.11 Å². The van der Waals surface area contributed by atoms with Gasteiger partial charge in [-0.2, -0.15) is 0 Å². The fourth-order valence-corrected chi connectivity index (χ4v) is 2.32. The average molecular weight is 241 g/mol. The molecule has 1 atom stereocenters. The molecule has 0 bridgehead atoms. The van der Waals surface area contributed by atoms with Crippen molar-refractivity contribution >= 4 is 0 Å². The van der Waals surface area contributed by atoms with Crippen LogP contribution in [0.3, 0.4) is 0 Å². The first-order chi connectivity index (χ1) is 8.12. The van der Waals surface area contributed by atoms with Crippen molar-refractivity contribution in [3.8, 4) is 0 Å². The second kappa shape index (κ2) is 5.68. The highest BCUT2D eigenvalue weighted by Gasteiger charge is 2.44. The Kier molecular flexibility index (Phi) is 4.45. The highest BCUT2D eigenvalue weighted by Crippen LogP contribution is 2.51. The van der Waals surface area contributed by atoms with Gasteiger partial charge in [0, 0.05) is 19.7 Å². The maximum atomic E-state index is 9.75. The first kappa shape index (κ1) is 13.3. The van der Waals surface area contributed by atoms with Crippen LogP contribution >= 0.6 is 0 Å². The van der Waals surface area contributed by atoms with Crippen LogP contribution in [0.25, 0.3) is 0 Å². The van der Waals surface area contributed by atoms with E-state index in [1.165, 1.54) is 25.7 Å². The number of aliphatic hydroxyl groups excluding tert-OH is 1. The lowest BCUT2D eigenvalue weighted by atomic mass is 9.92. The molecule has 1 unspecified atom stereocenters. The van der Waals surface area contributed by atoms with E-state index in [-0.39, 0.29) is 6.10 Å². The van der Waals surface area contributed by atoms with Crippen LogP contribution in [-0.4, -0.2) is 37.5 Å². The lowest BCUT2D eigenvalue weighted by Crippen LogP contribution is -2.35. The molecule has 0 radical (unpaired) electrons. The van der Waals surface area contributed by atoms with E-state index >= 15 is 0 Å². The Morgan fingerprint density at radius 1 is 1.35 bits per heavy atom. The van der Waals surface area contributed by atoms with Crippen molar-refractivity contribution in [1.82, 2.24) is 5.32 Å². The van der Waals surface area contributed by atoms with Gasteiger partial charge < -0.3 is 15.2 Å². The van der Waals surface area contributed by atoms with Crippen LogP contribution in [0, 0.1) is 17.3 Å². The predicted octanol–water partition coefficient (Wildman–Crippen LogP) is 1.80. The summed E-state index contributed by atoms with van der Waals surface area (Å²) >= 11 is 0. The zero-order chi connectivity index (χ0) is 12.3. The van der Waals surface area contributed by atoms with E-state index < -0.39 is 0 Å². The minimum absolute atomic E-state index is 0.350. The molecule has 0 spiro atoms. The van der Waals surface area contributed by atoms with Crippen LogP contribution in [-0.2, 0) is 4.74 Å². The average Bonchev–Trinajstić information content (AvgIpc) is 3.12. The molecule has 0 aromatic heterocycles. The third-order valence-corrected chi connectivity index (χ3v) is 4.33. The first-order valence-electron chi connectivity index (χ1n) is 7.09. The standard InChI is InChI=1S/C14H27NO2/c1-11(2)14(5-6-14)10-15-7-13(16)9-17-8-12-3-4-12/h11-13,15-16H,3-10H2,1-2H3. The second-order valence-electron chi connectivity index (χ2n) is 6.28. The summed E-state index contributed by atoms with van der Waals surface area (Å²) in [5, 5.41) is 13.1. The molecular formula is C14H27NO2. The summed E-state index contributed by atoms with van der Waals surface area (Å²) in [6, 6.07) is 0. The molecule has 2 saturated carbocycles. The van der Waals surface area contributed by atoms with Crippen molar-refractivity contribution in [3.63, 3.8) is 0 Å². The smallest absolute Gasteiger partial charge is 0.0897 e. The Morgan fingerprint density at radius 3 is 2.59 bits per heavy atom. The molecular weight excluding hydrogens is 214 g/mol. The fourth-order valence-electron chi connectivity index (χ4n) is 2.32. The molecule has 2 fully saturated rings. The van der Waals surface area contributed by atoms with Gasteiger partial charge in [-0.1, -0.05) is 13.8 Å². The molecule has 2 N–H and O–H groups in total. The van der Waals surface area contributed by atoms with Crippen LogP contribution < -0.4 is 5.32 Å². The lowest BCUT2D eigenvalue weighted by Gasteiger charge is -2.21. The minimum atomic E-state index is -0.350. The van der Waals surface area contributed by atoms with Crippen LogP contribution in [0.1, 0.15) is 39.5 Å². The lowest BCUT2D eigenvalue weighted by molar-refractivity contribution is 0.0317. The maximum Gasteiger partial charge on any atom is 0.0897 e. The predicted molar refractivity (Wildman–Crippen MR) is 68.9 cm³/mol. The number of aliphatic hydroxyl groups is 1. The maximum absolute atomic E-state index is 9.75. The highest BCUT2D eigenvalue weighted by atomic mass is 16.5. The van der Waals surface area contributed by atoms with Gasteiger partial charge in [-0.15, -0.1) is 0 Å². The zero-order valence-electron chi connectivity index (χ0n) is 11.2. The molecule has 3 nitrogen and oxygen atoms in total. The summed E-state index contributed by atoms with van der Waals surface area (Å²) in [6.07, 6.45) is 4.95. The Hall–Kier alpha value is -0.120. The van der Waals surface area contributed by atoms with Gasteiger partial charge in [0.2, 0.25) is 0 Å². The van der Waals surface area contributed by atoms with Gasteiger partial charge in [0.1, 0.15) is 0 Å². The summed E-state index contributed by atoms with van der Waals surface area (Å²) in [4.78, 5) is 0. The third-order valence-electron chi connectivity index (χ3n) is 4.33. The number of hydrogen-bond acceptors (Lipinski definition) is 3. The van der Waals surface area contributed by atoms with Crippen molar-refractivity contribution in [2.24, 2.45) is 17.3 Å². The summed E-state index contributed by atoms with van der Waals surface area (Å²) in [5.41, 5.74) is 0.522. The third kappa shape index (κ3) is 4.23. The molecule has 0 amide bonds. The first-order valence-corrected chi connectivity index (χ1v) is 7.09. The van der Waals surface area contributed by atoms with Gasteiger partial charge in [-0.25, -0.2) is 0 Å². The van der Waals surface area contributed by atoms with Gasteiger partial charge in [-0.05, 0) is 42.9 Å². The minimum Gasteiger partial charge on any atom is -0.389 e. The van der Waals surface area contributed by atoms with E-state index in [1.807, 2.05) is 0 Å². The highest BCUT2D eigenvalue weighted by molar-refractivity contribution is 4.97. The molecule has 0 aromatic rings. The number of hydrogen-bond donors (Lipinski definition) is 2. The number of ether oxygens (including phenoxy) is 1. The second-order valence-corrected chi connectivity index (χ2v) is 6.28. The molecule has 0 heterocycles. The van der Waals surface area contributed by atoms with E-state index in [0.29, 0.717) is 18.6 Å². The monoisotopic (exact) mass is 241 g/mol. The number of rotatable bonds is 9. The molecule has 0 aliphatic heterocycles. The zero-order valence-corrected chi connectivity index (χ0v) is 11.2. The van der Waals surface area contributed by atoms with Crippen molar-refractivity contribution in [3.05, 3.63) is 0 Å². The number of nitrogens with one attached hydrogen (secondary N) is 1. The van der Waals surface area contributed by atoms with Crippen LogP contribution in [0.2, 0.25) is 0 Å². The van der Waals surface area contributed by atoms with E-state index in [0.717, 1.165) is 25.0 Å². The van der Waals surface area contributed by atoms with Crippen molar-refractivity contribution < 1.29 is 9.84 Å². The van der Waals surface area contributed by atoms with Crippen molar-refractivity contribution in [1.29, 1.82) is 0 Å². The SMILES string of the molecule is CC(C)C1(CNCC(O)COCC2CC2)CC1. The van der Waals surface area contributed by atoms with Gasteiger partial charge in [0.25, 0.3) is 0 Å². The van der Waals surface area contributed by atoms with Gasteiger partial charge in [0.05, 0.1) is 12.7 Å². The quantitative estimate of drug-likeness (QED) is 0.647. The van der Waals surface area contributed by atoms with Crippen LogP contribution in [0.5, 0.6) is 0 Å². The summed E-state index contributed by atoms with van der Waals surface area (Å²) < 4.78 is 5.48. The molecule has 0 saturated heterocycles. The Bertz CT molecular complexity index is 234. The molecule has 17 heavy (non-hydrogen) atoms. The molecule has 2 rings (SSSR count). The van der Waals surface area contributed by atoms with E-state index in [2.05, 4.69) is 19.2 Å². The molecule has 2 aliphatic carbocycles. The topological polar surface area (TPSA) is 41.5 Å². The molecule has 100 valence electrons. The van der Waals surface area contributed by atoms with E-state index in [4.69, 9.17) is 4.74 Å². The van der Waals surface area contributed by atoms with E-state index in [1.54, 1.807) is 0 Å². The van der Waals surface area contributed by atoms with Gasteiger partial charge >= 0.3 is 0 Å². The fraction of sp³-hybridized carbons (Fsp3) is 1.00. The van der Waals surface area contributed by atoms with Crippen molar-refractivity contribution in [2.75, 3.05) is 26.3 Å². The Morgan fingerprint density at radius 2 is 2.06 bits per heavy atom.